The first-order chi connectivity index (χ1) is 15.3. The molecule has 4 rings (SSSR count). The smallest absolute Gasteiger partial charge is 0.411 e. The maximum atomic E-state index is 14.3. The summed E-state index contributed by atoms with van der Waals surface area (Å²) in [6.45, 7) is 0. The van der Waals surface area contributed by atoms with Crippen molar-refractivity contribution >= 4 is 63.0 Å². The number of fused-ring (bicyclic) bond motifs is 1. The third-order valence-corrected chi connectivity index (χ3v) is 5.42. The van der Waals surface area contributed by atoms with Crippen LogP contribution in [0.5, 0.6) is 0 Å². The van der Waals surface area contributed by atoms with E-state index in [2.05, 4.69) is 20.6 Å². The zero-order chi connectivity index (χ0) is 22.8. The Hall–Kier alpha value is -3.80. The minimum absolute atomic E-state index is 0.0153. The number of amides is 2. The fourth-order valence-electron chi connectivity index (χ4n) is 3.14. The van der Waals surface area contributed by atoms with Gasteiger partial charge in [-0.05, 0) is 59.0 Å². The number of ketones is 1. The fourth-order valence-corrected chi connectivity index (χ4v) is 3.63. The number of imidazole rings is 1. The van der Waals surface area contributed by atoms with E-state index in [9.17, 15) is 18.8 Å². The highest BCUT2D eigenvalue weighted by molar-refractivity contribution is 14.1. The lowest BCUT2D eigenvalue weighted by Gasteiger charge is -2.11. The molecule has 0 aliphatic rings. The summed E-state index contributed by atoms with van der Waals surface area (Å²) in [4.78, 5) is 43.7. The molecule has 8 nitrogen and oxygen atoms in total. The summed E-state index contributed by atoms with van der Waals surface area (Å²) in [5.74, 6) is -1.58. The summed E-state index contributed by atoms with van der Waals surface area (Å²) in [5.41, 5.74) is 1.42. The minimum Gasteiger partial charge on any atom is -0.465 e. The molecule has 0 unspecified atom stereocenters. The number of nitrogens with one attached hydrogen (secondary N) is 3. The van der Waals surface area contributed by atoms with Crippen molar-refractivity contribution in [1.29, 1.82) is 0 Å². The van der Waals surface area contributed by atoms with E-state index in [-0.39, 0.29) is 28.3 Å². The molecule has 3 aromatic carbocycles. The fraction of sp³-hybridized carbons (Fsp3) is 0. The van der Waals surface area contributed by atoms with Gasteiger partial charge in [0.2, 0.25) is 5.95 Å². The average molecular weight is 544 g/mol. The van der Waals surface area contributed by atoms with Crippen LogP contribution in [0.2, 0.25) is 0 Å². The van der Waals surface area contributed by atoms with Crippen molar-refractivity contribution in [2.75, 3.05) is 10.6 Å². The van der Waals surface area contributed by atoms with E-state index in [0.717, 1.165) is 0 Å². The lowest BCUT2D eigenvalue weighted by atomic mass is 9.97. The van der Waals surface area contributed by atoms with Crippen LogP contribution in [-0.2, 0) is 0 Å². The molecule has 10 heteroatoms. The molecule has 0 aliphatic heterocycles. The number of hydrogen-bond acceptors (Lipinski definition) is 4. The molecule has 0 atom stereocenters. The summed E-state index contributed by atoms with van der Waals surface area (Å²) < 4.78 is 14.6. The maximum Gasteiger partial charge on any atom is 0.411 e. The Balaban J connectivity index is 1.65. The van der Waals surface area contributed by atoms with E-state index < -0.39 is 23.6 Å². The van der Waals surface area contributed by atoms with Crippen LogP contribution in [0.3, 0.4) is 0 Å². The van der Waals surface area contributed by atoms with E-state index in [1.165, 1.54) is 30.3 Å². The van der Waals surface area contributed by atoms with Gasteiger partial charge in [-0.3, -0.25) is 14.9 Å². The van der Waals surface area contributed by atoms with Gasteiger partial charge in [0.25, 0.3) is 5.91 Å². The Morgan fingerprint density at radius 1 is 0.969 bits per heavy atom. The molecule has 4 N–H and O–H groups in total. The molecule has 0 fully saturated rings. The van der Waals surface area contributed by atoms with E-state index in [1.54, 1.807) is 30.3 Å². The molecule has 0 bridgehead atoms. The van der Waals surface area contributed by atoms with E-state index >= 15 is 0 Å². The third kappa shape index (κ3) is 4.30. The van der Waals surface area contributed by atoms with Gasteiger partial charge in [0.15, 0.2) is 11.6 Å². The molecule has 160 valence electrons. The highest BCUT2D eigenvalue weighted by atomic mass is 127. The van der Waals surface area contributed by atoms with E-state index in [0.29, 0.717) is 14.6 Å². The van der Waals surface area contributed by atoms with Crippen LogP contribution < -0.4 is 10.6 Å². The van der Waals surface area contributed by atoms with Gasteiger partial charge in [-0.25, -0.2) is 14.2 Å². The van der Waals surface area contributed by atoms with Gasteiger partial charge in [0, 0.05) is 11.1 Å². The van der Waals surface area contributed by atoms with Crippen molar-refractivity contribution in [1.82, 2.24) is 9.97 Å². The number of anilines is 2. The first-order valence-electron chi connectivity index (χ1n) is 9.22. The van der Waals surface area contributed by atoms with Crippen molar-refractivity contribution in [3.8, 4) is 0 Å². The van der Waals surface area contributed by atoms with Crippen LogP contribution in [-0.4, -0.2) is 32.9 Å². The number of rotatable bonds is 5. The number of aromatic amines is 1. The van der Waals surface area contributed by atoms with Gasteiger partial charge in [-0.2, -0.15) is 0 Å². The van der Waals surface area contributed by atoms with Crippen molar-refractivity contribution < 1.29 is 23.9 Å². The molecule has 0 spiro atoms. The molecule has 1 aromatic heterocycles. The molecule has 0 radical (unpaired) electrons. The maximum absolute atomic E-state index is 14.3. The topological polar surface area (TPSA) is 124 Å². The van der Waals surface area contributed by atoms with Gasteiger partial charge in [-0.1, -0.05) is 24.3 Å². The normalized spacial score (nSPS) is 10.7. The predicted molar refractivity (Wildman–Crippen MR) is 125 cm³/mol. The third-order valence-electron chi connectivity index (χ3n) is 4.59. The monoisotopic (exact) mass is 544 g/mol. The molecular weight excluding hydrogens is 530 g/mol. The standard InChI is InChI=1S/C22H14FIN4O4/c23-18-14(24)6-3-7-16(18)25-20(30)13-5-2-1-4-12(13)19(29)11-8-9-15-17(10-11)27-21(26-15)28-22(31)32/h1-10H,(H,25,30)(H,31,32)(H2,26,27,28). The zero-order valence-electron chi connectivity index (χ0n) is 16.1. The van der Waals surface area contributed by atoms with Gasteiger partial charge in [0.1, 0.15) is 0 Å². The molecule has 4 aromatic rings. The van der Waals surface area contributed by atoms with Gasteiger partial charge < -0.3 is 15.4 Å². The lowest BCUT2D eigenvalue weighted by molar-refractivity contribution is 0.0996. The number of H-pyrrole nitrogens is 1. The molecule has 32 heavy (non-hydrogen) atoms. The Kier molecular flexibility index (Phi) is 5.86. The average Bonchev–Trinajstić information content (AvgIpc) is 3.17. The highest BCUT2D eigenvalue weighted by Crippen LogP contribution is 2.23. The lowest BCUT2D eigenvalue weighted by Crippen LogP contribution is -2.17. The summed E-state index contributed by atoms with van der Waals surface area (Å²) >= 11 is 1.83. The van der Waals surface area contributed by atoms with Crippen LogP contribution in [0.4, 0.5) is 20.8 Å². The minimum atomic E-state index is -1.27. The van der Waals surface area contributed by atoms with Crippen molar-refractivity contribution in [2.24, 2.45) is 0 Å². The van der Waals surface area contributed by atoms with Gasteiger partial charge >= 0.3 is 6.09 Å². The van der Waals surface area contributed by atoms with Crippen molar-refractivity contribution in [3.63, 3.8) is 0 Å². The molecular formula is C22H14FIN4O4. The molecule has 2 amide bonds. The first-order valence-corrected chi connectivity index (χ1v) is 10.3. The predicted octanol–water partition coefficient (Wildman–Crippen LogP) is 4.88. The Morgan fingerprint density at radius 3 is 2.47 bits per heavy atom. The summed E-state index contributed by atoms with van der Waals surface area (Å²) in [5, 5.41) is 13.4. The van der Waals surface area contributed by atoms with Gasteiger partial charge in [0.05, 0.1) is 25.9 Å². The number of carbonyl (C=O) groups excluding carboxylic acids is 2. The van der Waals surface area contributed by atoms with Crippen LogP contribution >= 0.6 is 22.6 Å². The molecule has 0 aliphatic carbocycles. The second-order valence-electron chi connectivity index (χ2n) is 6.68. The van der Waals surface area contributed by atoms with Crippen LogP contribution in [0.1, 0.15) is 26.3 Å². The number of nitrogens with zero attached hydrogens (tertiary/aromatic N) is 1. The Bertz CT molecular complexity index is 1390. The first kappa shape index (κ1) is 21.4. The molecule has 0 saturated heterocycles. The zero-order valence-corrected chi connectivity index (χ0v) is 18.3. The van der Waals surface area contributed by atoms with Gasteiger partial charge in [-0.15, -0.1) is 0 Å². The van der Waals surface area contributed by atoms with Crippen molar-refractivity contribution in [3.05, 3.63) is 86.7 Å². The van der Waals surface area contributed by atoms with Crippen LogP contribution in [0.25, 0.3) is 11.0 Å². The van der Waals surface area contributed by atoms with Crippen molar-refractivity contribution in [2.45, 2.75) is 0 Å². The molecule has 1 heterocycles. The highest BCUT2D eigenvalue weighted by Gasteiger charge is 2.20. The number of carbonyl (C=O) groups is 3. The second-order valence-corrected chi connectivity index (χ2v) is 7.84. The number of halogens is 2. The number of aromatic nitrogens is 2. The number of benzene rings is 3. The number of carboxylic acid groups (broad SMARTS) is 1. The summed E-state index contributed by atoms with van der Waals surface area (Å²) in [7, 11) is 0. The summed E-state index contributed by atoms with van der Waals surface area (Å²) in [6, 6.07) is 15.5. The molecule has 0 saturated carbocycles. The second kappa shape index (κ2) is 8.75. The largest absolute Gasteiger partial charge is 0.465 e. The van der Waals surface area contributed by atoms with Crippen LogP contribution in [0.15, 0.2) is 60.7 Å². The summed E-state index contributed by atoms with van der Waals surface area (Å²) in [6.07, 6.45) is -1.27. The number of hydrogen-bond donors (Lipinski definition) is 4. The quantitative estimate of drug-likeness (QED) is 0.211. The SMILES string of the molecule is O=C(O)Nc1nc2ccc(C(=O)c3ccccc3C(=O)Nc3cccc(I)c3F)cc2[nH]1. The van der Waals surface area contributed by atoms with E-state index in [1.807, 2.05) is 22.6 Å². The van der Waals surface area contributed by atoms with E-state index in [4.69, 9.17) is 5.11 Å². The Morgan fingerprint density at radius 2 is 1.72 bits per heavy atom. The van der Waals surface area contributed by atoms with Crippen LogP contribution in [0, 0.1) is 9.39 Å². The Labute approximate surface area is 194 Å².